The highest BCUT2D eigenvalue weighted by Gasteiger charge is 2.34. The molecule has 22 heavy (non-hydrogen) atoms. The Bertz CT molecular complexity index is 642. The van der Waals surface area contributed by atoms with Crippen molar-refractivity contribution < 1.29 is 14.3 Å². The van der Waals surface area contributed by atoms with Gasteiger partial charge in [-0.3, -0.25) is 14.5 Å². The number of amides is 2. The second-order valence-corrected chi connectivity index (χ2v) is 6.52. The molecule has 1 saturated heterocycles. The number of carbonyl (C=O) groups is 2. The van der Waals surface area contributed by atoms with E-state index in [-0.39, 0.29) is 11.1 Å². The van der Waals surface area contributed by atoms with Gasteiger partial charge in [0.05, 0.1) is 4.91 Å². The fraction of sp³-hybridized carbons (Fsp3) is 0.250. The number of hydrogen-bond acceptors (Lipinski definition) is 4. The molecule has 1 fully saturated rings. The topological polar surface area (TPSA) is 46.6 Å². The zero-order chi connectivity index (χ0) is 16.1. The molecule has 2 amide bonds. The van der Waals surface area contributed by atoms with Crippen LogP contribution in [-0.2, 0) is 4.79 Å². The van der Waals surface area contributed by atoms with Gasteiger partial charge in [-0.25, -0.2) is 0 Å². The fourth-order valence-electron chi connectivity index (χ4n) is 1.97. The molecule has 0 atom stereocenters. The van der Waals surface area contributed by atoms with Crippen LogP contribution in [0.3, 0.4) is 0 Å². The Hall–Kier alpha value is -1.53. The number of hydrogen-bond donors (Lipinski definition) is 0. The van der Waals surface area contributed by atoms with Crippen LogP contribution in [0.25, 0.3) is 6.08 Å². The monoisotopic (exact) mass is 381 g/mol. The molecule has 0 unspecified atom stereocenters. The van der Waals surface area contributed by atoms with Crippen molar-refractivity contribution in [2.24, 2.45) is 0 Å². The van der Waals surface area contributed by atoms with Crippen molar-refractivity contribution in [1.82, 2.24) is 4.90 Å². The Morgan fingerprint density at radius 1 is 1.41 bits per heavy atom. The highest BCUT2D eigenvalue weighted by molar-refractivity contribution is 9.10. The Kier molecular flexibility index (Phi) is 5.85. The first-order chi connectivity index (χ1) is 10.6. The maximum atomic E-state index is 12.3. The van der Waals surface area contributed by atoms with E-state index in [2.05, 4.69) is 22.5 Å². The Morgan fingerprint density at radius 3 is 2.86 bits per heavy atom. The second kappa shape index (κ2) is 7.65. The summed E-state index contributed by atoms with van der Waals surface area (Å²) in [4.78, 5) is 25.8. The van der Waals surface area contributed by atoms with Crippen molar-refractivity contribution in [2.75, 3.05) is 13.2 Å². The molecule has 116 valence electrons. The standard InChI is InChI=1S/C16H16BrNO3S/c1-3-7-18-15(19)14(22-16(18)20)10-11-9-12(17)5-6-13(11)21-8-4-2/h4-6,9-10H,2-3,7-8H2,1H3/b14-10+. The fourth-order valence-corrected chi connectivity index (χ4v) is 3.20. The lowest BCUT2D eigenvalue weighted by molar-refractivity contribution is -0.122. The molecule has 1 aromatic carbocycles. The molecule has 1 aliphatic rings. The molecule has 0 aliphatic carbocycles. The molecule has 0 spiro atoms. The minimum absolute atomic E-state index is 0.221. The summed E-state index contributed by atoms with van der Waals surface area (Å²) in [6, 6.07) is 5.53. The Balaban J connectivity index is 2.32. The number of nitrogens with zero attached hydrogens (tertiary/aromatic N) is 1. The highest BCUT2D eigenvalue weighted by Crippen LogP contribution is 2.34. The molecule has 0 N–H and O–H groups in total. The minimum atomic E-state index is -0.244. The van der Waals surface area contributed by atoms with Crippen molar-refractivity contribution >= 4 is 44.9 Å². The van der Waals surface area contributed by atoms with Crippen LogP contribution in [0.2, 0.25) is 0 Å². The van der Waals surface area contributed by atoms with E-state index in [1.807, 2.05) is 25.1 Å². The maximum Gasteiger partial charge on any atom is 0.293 e. The summed E-state index contributed by atoms with van der Waals surface area (Å²) in [6.07, 6.45) is 4.10. The summed E-state index contributed by atoms with van der Waals surface area (Å²) < 4.78 is 6.46. The van der Waals surface area contributed by atoms with E-state index in [1.165, 1.54) is 4.90 Å². The van der Waals surface area contributed by atoms with E-state index in [9.17, 15) is 9.59 Å². The molecule has 1 aliphatic heterocycles. The van der Waals surface area contributed by atoms with E-state index in [0.29, 0.717) is 23.8 Å². The van der Waals surface area contributed by atoms with Crippen molar-refractivity contribution in [3.8, 4) is 5.75 Å². The van der Waals surface area contributed by atoms with Gasteiger partial charge in [0.2, 0.25) is 0 Å². The number of rotatable bonds is 6. The smallest absolute Gasteiger partial charge is 0.293 e. The van der Waals surface area contributed by atoms with E-state index in [4.69, 9.17) is 4.74 Å². The first-order valence-electron chi connectivity index (χ1n) is 6.85. The highest BCUT2D eigenvalue weighted by atomic mass is 79.9. The van der Waals surface area contributed by atoms with Crippen molar-refractivity contribution in [1.29, 1.82) is 0 Å². The average molecular weight is 382 g/mol. The summed E-state index contributed by atoms with van der Waals surface area (Å²) >= 11 is 4.37. The minimum Gasteiger partial charge on any atom is -0.489 e. The van der Waals surface area contributed by atoms with Gasteiger partial charge in [-0.2, -0.15) is 0 Å². The van der Waals surface area contributed by atoms with Crippen molar-refractivity contribution in [2.45, 2.75) is 13.3 Å². The Morgan fingerprint density at radius 2 is 2.18 bits per heavy atom. The number of imide groups is 1. The largest absolute Gasteiger partial charge is 0.489 e. The van der Waals surface area contributed by atoms with E-state index >= 15 is 0 Å². The Labute approximate surface area is 142 Å². The number of benzene rings is 1. The van der Waals surface area contributed by atoms with Gasteiger partial charge in [-0.15, -0.1) is 0 Å². The van der Waals surface area contributed by atoms with Crippen molar-refractivity contribution in [3.05, 3.63) is 45.8 Å². The van der Waals surface area contributed by atoms with Crippen LogP contribution in [0.4, 0.5) is 4.79 Å². The molecule has 6 heteroatoms. The third kappa shape index (κ3) is 3.81. The van der Waals surface area contributed by atoms with Crippen LogP contribution in [0.15, 0.2) is 40.2 Å². The molecule has 1 aromatic rings. The predicted molar refractivity (Wildman–Crippen MR) is 92.8 cm³/mol. The average Bonchev–Trinajstić information content (AvgIpc) is 2.74. The first kappa shape index (κ1) is 16.8. The molecule has 0 radical (unpaired) electrons. The molecule has 2 rings (SSSR count). The van der Waals surface area contributed by atoms with Crippen LogP contribution in [0, 0.1) is 0 Å². The lowest BCUT2D eigenvalue weighted by Gasteiger charge is -2.10. The molecular weight excluding hydrogens is 366 g/mol. The summed E-state index contributed by atoms with van der Waals surface area (Å²) in [7, 11) is 0. The normalized spacial score (nSPS) is 16.5. The maximum absolute atomic E-state index is 12.3. The number of halogens is 1. The number of carbonyl (C=O) groups excluding carboxylic acids is 2. The van der Waals surface area contributed by atoms with E-state index < -0.39 is 0 Å². The molecule has 0 aromatic heterocycles. The lowest BCUT2D eigenvalue weighted by atomic mass is 10.2. The zero-order valence-electron chi connectivity index (χ0n) is 12.2. The third-order valence-corrected chi connectivity index (χ3v) is 4.34. The number of thioether (sulfide) groups is 1. The van der Waals surface area contributed by atoms with Gasteiger partial charge < -0.3 is 4.74 Å². The third-order valence-electron chi connectivity index (χ3n) is 2.94. The summed E-state index contributed by atoms with van der Waals surface area (Å²) in [5.41, 5.74) is 0.748. The van der Waals surface area contributed by atoms with Gasteiger partial charge in [0.15, 0.2) is 0 Å². The van der Waals surface area contributed by atoms with Crippen LogP contribution in [0.1, 0.15) is 18.9 Å². The molecule has 4 nitrogen and oxygen atoms in total. The molecule has 0 bridgehead atoms. The van der Waals surface area contributed by atoms with Gasteiger partial charge in [-0.05, 0) is 42.5 Å². The van der Waals surface area contributed by atoms with Crippen LogP contribution in [-0.4, -0.2) is 29.2 Å². The molecule has 0 saturated carbocycles. The van der Waals surface area contributed by atoms with Gasteiger partial charge in [0.1, 0.15) is 12.4 Å². The van der Waals surface area contributed by atoms with Gasteiger partial charge >= 0.3 is 0 Å². The van der Waals surface area contributed by atoms with E-state index in [0.717, 1.165) is 28.2 Å². The van der Waals surface area contributed by atoms with E-state index in [1.54, 1.807) is 12.2 Å². The molecular formula is C16H16BrNO3S. The second-order valence-electron chi connectivity index (χ2n) is 4.62. The first-order valence-corrected chi connectivity index (χ1v) is 8.46. The zero-order valence-corrected chi connectivity index (χ0v) is 14.6. The van der Waals surface area contributed by atoms with Crippen LogP contribution >= 0.6 is 27.7 Å². The summed E-state index contributed by atoms with van der Waals surface area (Å²) in [5.74, 6) is 0.400. The SMILES string of the molecule is C=CCOc1ccc(Br)cc1/C=C1/SC(=O)N(CCC)C1=O. The van der Waals surface area contributed by atoms with Crippen LogP contribution < -0.4 is 4.74 Å². The van der Waals surface area contributed by atoms with Gasteiger partial charge in [0.25, 0.3) is 11.1 Å². The summed E-state index contributed by atoms with van der Waals surface area (Å²) in [6.45, 7) is 6.37. The van der Waals surface area contributed by atoms with Gasteiger partial charge in [-0.1, -0.05) is 35.5 Å². The quantitative estimate of drug-likeness (QED) is 0.538. The molecule has 1 heterocycles. The predicted octanol–water partition coefficient (Wildman–Crippen LogP) is 4.46. The summed E-state index contributed by atoms with van der Waals surface area (Å²) in [5, 5.41) is -0.221. The lowest BCUT2D eigenvalue weighted by Crippen LogP contribution is -2.28. The van der Waals surface area contributed by atoms with Gasteiger partial charge in [0, 0.05) is 16.6 Å². The van der Waals surface area contributed by atoms with Crippen LogP contribution in [0.5, 0.6) is 5.75 Å². The van der Waals surface area contributed by atoms with Crippen molar-refractivity contribution in [3.63, 3.8) is 0 Å². The number of ether oxygens (including phenoxy) is 1.